The van der Waals surface area contributed by atoms with E-state index >= 15 is 0 Å². The Morgan fingerprint density at radius 2 is 0.816 bits per heavy atom. The van der Waals surface area contributed by atoms with Crippen LogP contribution in [0.3, 0.4) is 0 Å². The van der Waals surface area contributed by atoms with Crippen LogP contribution in [0.1, 0.15) is 22.3 Å². The first-order valence-electron chi connectivity index (χ1n) is 11.6. The third kappa shape index (κ3) is 6.17. The summed E-state index contributed by atoms with van der Waals surface area (Å²) in [5.74, 6) is 2.58. The molecule has 0 atom stereocenters. The zero-order valence-corrected chi connectivity index (χ0v) is 27.6. The average Bonchev–Trinajstić information content (AvgIpc) is 3.08. The fraction of sp³-hybridized carbons (Fsp3) is 0.233. The quantitative estimate of drug-likeness (QED) is 0.117. The van der Waals surface area contributed by atoms with Gasteiger partial charge in [0.2, 0.25) is 0 Å². The second kappa shape index (κ2) is 15.1. The largest absolute Gasteiger partial charge is 4.00 e. The molecule has 4 rings (SSSR count). The fourth-order valence-corrected chi connectivity index (χ4v) is 10.6. The van der Waals surface area contributed by atoms with Crippen molar-refractivity contribution in [2.24, 2.45) is 0 Å². The molecule has 0 N–H and O–H groups in total. The van der Waals surface area contributed by atoms with Crippen LogP contribution >= 0.6 is 0 Å². The molecule has 0 aromatic heterocycles. The first-order valence-corrected chi connectivity index (χ1v) is 13.6. The number of methoxy groups -OCH3 is 3. The molecule has 200 valence electrons. The van der Waals surface area contributed by atoms with E-state index in [4.69, 9.17) is 14.2 Å². The van der Waals surface area contributed by atoms with Crippen molar-refractivity contribution in [2.45, 2.75) is 27.7 Å². The summed E-state index contributed by atoms with van der Waals surface area (Å²) in [5, 5.41) is 5.42. The van der Waals surface area contributed by atoms with E-state index in [1.165, 1.54) is 43.0 Å². The Morgan fingerprint density at radius 3 is 1.03 bits per heavy atom. The SMILES string of the molecule is COc1ccc([Si](c2ccc(OC)cc2)(c2ccc(OC)cc2)c2c(C)c(C)c(C)[c-]2C)cc1.[Cl-].[Cl-].[Cl-].[Ti+4]. The zero-order chi connectivity index (χ0) is 24.5. The van der Waals surface area contributed by atoms with E-state index in [1.807, 2.05) is 0 Å². The van der Waals surface area contributed by atoms with Crippen LogP contribution in [-0.4, -0.2) is 29.4 Å². The van der Waals surface area contributed by atoms with E-state index in [0.717, 1.165) is 17.2 Å². The smallest absolute Gasteiger partial charge is 1.00 e. The molecule has 0 saturated carbocycles. The summed E-state index contributed by atoms with van der Waals surface area (Å²) < 4.78 is 16.5. The number of ether oxygens (including phenoxy) is 3. The zero-order valence-electron chi connectivity index (χ0n) is 22.8. The van der Waals surface area contributed by atoms with Crippen molar-refractivity contribution in [3.63, 3.8) is 0 Å². The monoisotopic (exact) mass is 622 g/mol. The van der Waals surface area contributed by atoms with Crippen LogP contribution < -0.4 is 72.2 Å². The van der Waals surface area contributed by atoms with Crippen molar-refractivity contribution < 1.29 is 73.1 Å². The molecule has 0 amide bonds. The topological polar surface area (TPSA) is 27.7 Å². The van der Waals surface area contributed by atoms with Crippen molar-refractivity contribution in [3.05, 3.63) is 95.1 Å². The molecule has 0 saturated heterocycles. The van der Waals surface area contributed by atoms with Crippen LogP contribution in [0.5, 0.6) is 17.2 Å². The fourth-order valence-electron chi connectivity index (χ4n) is 5.24. The molecule has 0 aliphatic carbocycles. The van der Waals surface area contributed by atoms with E-state index in [0.29, 0.717) is 0 Å². The summed E-state index contributed by atoms with van der Waals surface area (Å²) in [6, 6.07) is 26.0. The molecular weight excluding hydrogens is 591 g/mol. The standard InChI is InChI=1S/C30H33O3Si.3ClH.Ti/c1-20-21(2)23(4)30(22(20)3)34(27-14-8-24(31-5)9-15-27,28-16-10-25(32-6)11-17-28)29-18-12-26(33-7)13-19-29;;;;/h8-19H,1-7H3;3*1H;/q-1;;;;+4/p-3. The van der Waals surface area contributed by atoms with Gasteiger partial charge in [0.15, 0.2) is 8.07 Å². The van der Waals surface area contributed by atoms with Gasteiger partial charge in [-0.05, 0) is 52.0 Å². The molecule has 4 aromatic carbocycles. The molecule has 0 bridgehead atoms. The molecule has 0 aliphatic rings. The van der Waals surface area contributed by atoms with E-state index < -0.39 is 8.07 Å². The van der Waals surface area contributed by atoms with Crippen LogP contribution in [-0.2, 0) is 21.7 Å². The Kier molecular flexibility index (Phi) is 14.4. The van der Waals surface area contributed by atoms with Crippen molar-refractivity contribution in [1.82, 2.24) is 0 Å². The minimum Gasteiger partial charge on any atom is -1.00 e. The number of hydrogen-bond donors (Lipinski definition) is 0. The Labute approximate surface area is 261 Å². The van der Waals surface area contributed by atoms with Crippen molar-refractivity contribution in [3.8, 4) is 17.2 Å². The Morgan fingerprint density at radius 1 is 0.526 bits per heavy atom. The van der Waals surface area contributed by atoms with Crippen molar-refractivity contribution in [1.29, 1.82) is 0 Å². The molecule has 3 nitrogen and oxygen atoms in total. The van der Waals surface area contributed by atoms with Gasteiger partial charge in [-0.15, -0.1) is 0 Å². The third-order valence-corrected chi connectivity index (χ3v) is 12.5. The van der Waals surface area contributed by atoms with E-state index in [9.17, 15) is 0 Å². The summed E-state index contributed by atoms with van der Waals surface area (Å²) in [7, 11) is 2.47. The van der Waals surface area contributed by atoms with Crippen LogP contribution in [0.25, 0.3) is 0 Å². The number of hydrogen-bond acceptors (Lipinski definition) is 3. The minimum atomic E-state index is -2.67. The van der Waals surface area contributed by atoms with Gasteiger partial charge >= 0.3 is 21.7 Å². The minimum absolute atomic E-state index is 0. The van der Waals surface area contributed by atoms with Gasteiger partial charge in [-0.3, -0.25) is 0 Å². The molecule has 0 aliphatic heterocycles. The summed E-state index contributed by atoms with van der Waals surface area (Å²) in [4.78, 5) is 0. The molecular formula is C30H33Cl3O3SiTi. The molecule has 38 heavy (non-hydrogen) atoms. The Balaban J connectivity index is 0.00000342. The molecule has 0 spiro atoms. The average molecular weight is 624 g/mol. The summed E-state index contributed by atoms with van der Waals surface area (Å²) in [6.45, 7) is 9.05. The maximum absolute atomic E-state index is 5.51. The van der Waals surface area contributed by atoms with Gasteiger partial charge < -0.3 is 51.4 Å². The second-order valence-electron chi connectivity index (χ2n) is 8.81. The van der Waals surface area contributed by atoms with Crippen molar-refractivity contribution in [2.75, 3.05) is 21.3 Å². The summed E-state index contributed by atoms with van der Waals surface area (Å²) >= 11 is 0. The Bertz CT molecular complexity index is 1150. The van der Waals surface area contributed by atoms with Crippen molar-refractivity contribution >= 4 is 28.8 Å². The summed E-state index contributed by atoms with van der Waals surface area (Å²) in [5.41, 5.74) is 5.51. The molecule has 0 fully saturated rings. The van der Waals surface area contributed by atoms with Gasteiger partial charge in [0.05, 0.1) is 21.3 Å². The predicted octanol–water partition coefficient (Wildman–Crippen LogP) is -4.95. The van der Waals surface area contributed by atoms with Crippen LogP contribution in [0.2, 0.25) is 0 Å². The van der Waals surface area contributed by atoms with Crippen LogP contribution in [0.15, 0.2) is 72.8 Å². The number of halogens is 3. The summed E-state index contributed by atoms with van der Waals surface area (Å²) in [6.07, 6.45) is 0. The van der Waals surface area contributed by atoms with Gasteiger partial charge in [-0.1, -0.05) is 64.1 Å². The maximum atomic E-state index is 5.51. The van der Waals surface area contributed by atoms with Gasteiger partial charge in [-0.25, -0.2) is 0 Å². The van der Waals surface area contributed by atoms with Gasteiger partial charge in [0.1, 0.15) is 17.2 Å². The van der Waals surface area contributed by atoms with E-state index in [1.54, 1.807) is 21.3 Å². The second-order valence-corrected chi connectivity index (χ2v) is 12.5. The molecule has 0 heterocycles. The predicted molar refractivity (Wildman–Crippen MR) is 144 cm³/mol. The van der Waals surface area contributed by atoms with E-state index in [-0.39, 0.29) is 58.9 Å². The molecule has 0 radical (unpaired) electrons. The van der Waals surface area contributed by atoms with Gasteiger partial charge in [-0.2, -0.15) is 27.4 Å². The first kappa shape index (κ1) is 36.2. The Hall–Kier alpha value is -1.79. The van der Waals surface area contributed by atoms with Crippen LogP contribution in [0, 0.1) is 27.7 Å². The maximum Gasteiger partial charge on any atom is 4.00 e. The normalized spacial score (nSPS) is 10.2. The molecule has 0 unspecified atom stereocenters. The van der Waals surface area contributed by atoms with E-state index in [2.05, 4.69) is 100 Å². The molecule has 4 aromatic rings. The van der Waals surface area contributed by atoms with Crippen LogP contribution in [0.4, 0.5) is 0 Å². The number of benzene rings is 3. The molecule has 8 heteroatoms. The van der Waals surface area contributed by atoms with Gasteiger partial charge in [0.25, 0.3) is 0 Å². The van der Waals surface area contributed by atoms with Gasteiger partial charge in [0, 0.05) is 0 Å². The number of rotatable bonds is 7. The third-order valence-electron chi connectivity index (χ3n) is 7.38. The first-order chi connectivity index (χ1) is 16.4.